The lowest BCUT2D eigenvalue weighted by atomic mass is 10.1. The standard InChI is InChI=1S/C23H28N4O3S/c1-6-27-20(13-17-10-11-18(29-4)19(12-17)30-5)25-26-23(27)31-14-21(28)24-22-15(2)8-7-9-16(22)3/h7-12H,6,13-14H2,1-5H3,(H,24,28). The summed E-state index contributed by atoms with van der Waals surface area (Å²) in [5, 5.41) is 12.4. The molecule has 1 heterocycles. The van der Waals surface area contributed by atoms with Gasteiger partial charge in [-0.25, -0.2) is 0 Å². The summed E-state index contributed by atoms with van der Waals surface area (Å²) in [7, 11) is 3.24. The molecule has 8 heteroatoms. The van der Waals surface area contributed by atoms with E-state index in [1.165, 1.54) is 11.8 Å². The van der Waals surface area contributed by atoms with E-state index in [4.69, 9.17) is 9.47 Å². The Labute approximate surface area is 187 Å². The normalized spacial score (nSPS) is 10.7. The molecule has 1 N–H and O–H groups in total. The average molecular weight is 441 g/mol. The van der Waals surface area contributed by atoms with E-state index in [0.29, 0.717) is 17.9 Å². The zero-order valence-corrected chi connectivity index (χ0v) is 19.4. The van der Waals surface area contributed by atoms with E-state index in [1.807, 2.05) is 61.7 Å². The van der Waals surface area contributed by atoms with Gasteiger partial charge in [0.25, 0.3) is 0 Å². The van der Waals surface area contributed by atoms with Crippen molar-refractivity contribution in [1.29, 1.82) is 0 Å². The number of hydrogen-bond donors (Lipinski definition) is 1. The van der Waals surface area contributed by atoms with Crippen molar-refractivity contribution in [1.82, 2.24) is 14.8 Å². The molecule has 0 unspecified atom stereocenters. The van der Waals surface area contributed by atoms with Gasteiger partial charge in [0, 0.05) is 18.7 Å². The lowest BCUT2D eigenvalue weighted by Crippen LogP contribution is -2.16. The van der Waals surface area contributed by atoms with Crippen molar-refractivity contribution in [2.75, 3.05) is 25.3 Å². The van der Waals surface area contributed by atoms with Gasteiger partial charge < -0.3 is 19.4 Å². The number of thioether (sulfide) groups is 1. The molecule has 0 bridgehead atoms. The molecule has 0 saturated heterocycles. The molecule has 1 aromatic heterocycles. The minimum Gasteiger partial charge on any atom is -0.493 e. The van der Waals surface area contributed by atoms with Crippen LogP contribution in [0.2, 0.25) is 0 Å². The SMILES string of the molecule is CCn1c(Cc2ccc(OC)c(OC)c2)nnc1SCC(=O)Nc1c(C)cccc1C. The molecular formula is C23H28N4O3S. The number of nitrogens with one attached hydrogen (secondary N) is 1. The second-order valence-corrected chi connectivity index (χ2v) is 8.06. The van der Waals surface area contributed by atoms with E-state index in [-0.39, 0.29) is 11.7 Å². The highest BCUT2D eigenvalue weighted by Crippen LogP contribution is 2.29. The maximum Gasteiger partial charge on any atom is 0.234 e. The number of nitrogens with zero attached hydrogens (tertiary/aromatic N) is 3. The number of anilines is 1. The summed E-state index contributed by atoms with van der Waals surface area (Å²) in [6.07, 6.45) is 0.607. The third-order valence-electron chi connectivity index (χ3n) is 5.00. The van der Waals surface area contributed by atoms with Crippen LogP contribution in [0.5, 0.6) is 11.5 Å². The molecule has 3 aromatic rings. The van der Waals surface area contributed by atoms with Crippen LogP contribution < -0.4 is 14.8 Å². The van der Waals surface area contributed by atoms with Gasteiger partial charge in [0.2, 0.25) is 5.91 Å². The topological polar surface area (TPSA) is 78.3 Å². The molecule has 7 nitrogen and oxygen atoms in total. The Kier molecular flexibility index (Phi) is 7.57. The number of aromatic nitrogens is 3. The maximum absolute atomic E-state index is 12.5. The largest absolute Gasteiger partial charge is 0.493 e. The van der Waals surface area contributed by atoms with Gasteiger partial charge in [-0.3, -0.25) is 4.79 Å². The van der Waals surface area contributed by atoms with E-state index in [0.717, 1.165) is 39.9 Å². The number of hydrogen-bond acceptors (Lipinski definition) is 6. The van der Waals surface area contributed by atoms with Crippen molar-refractivity contribution >= 4 is 23.4 Å². The summed E-state index contributed by atoms with van der Waals surface area (Å²) in [5.74, 6) is 2.42. The van der Waals surface area contributed by atoms with Gasteiger partial charge in [-0.15, -0.1) is 10.2 Å². The van der Waals surface area contributed by atoms with Crippen LogP contribution >= 0.6 is 11.8 Å². The summed E-state index contributed by atoms with van der Waals surface area (Å²) < 4.78 is 12.7. The monoisotopic (exact) mass is 440 g/mol. The molecule has 0 aliphatic heterocycles. The highest BCUT2D eigenvalue weighted by atomic mass is 32.2. The van der Waals surface area contributed by atoms with Gasteiger partial charge in [-0.1, -0.05) is 36.0 Å². The molecule has 164 valence electrons. The Bertz CT molecular complexity index is 1040. The van der Waals surface area contributed by atoms with Gasteiger partial charge in [0.1, 0.15) is 5.82 Å². The summed E-state index contributed by atoms with van der Waals surface area (Å²) >= 11 is 1.39. The van der Waals surface area contributed by atoms with Crippen molar-refractivity contribution < 1.29 is 14.3 Å². The number of rotatable bonds is 9. The van der Waals surface area contributed by atoms with Crippen LogP contribution in [0.15, 0.2) is 41.6 Å². The molecule has 0 saturated carbocycles. The van der Waals surface area contributed by atoms with Crippen LogP contribution in [0, 0.1) is 13.8 Å². The number of methoxy groups -OCH3 is 2. The molecule has 0 spiro atoms. The third kappa shape index (κ3) is 5.38. The maximum atomic E-state index is 12.5. The zero-order valence-electron chi connectivity index (χ0n) is 18.6. The highest BCUT2D eigenvalue weighted by Gasteiger charge is 2.15. The van der Waals surface area contributed by atoms with Crippen LogP contribution in [-0.4, -0.2) is 40.6 Å². The molecule has 2 aromatic carbocycles. The molecule has 0 aliphatic carbocycles. The van der Waals surface area contributed by atoms with Gasteiger partial charge in [0.05, 0.1) is 20.0 Å². The van der Waals surface area contributed by atoms with Gasteiger partial charge in [-0.05, 0) is 49.6 Å². The fraction of sp³-hybridized carbons (Fsp3) is 0.348. The van der Waals surface area contributed by atoms with Crippen molar-refractivity contribution in [3.63, 3.8) is 0 Å². The Morgan fingerprint density at radius 3 is 2.42 bits per heavy atom. The zero-order chi connectivity index (χ0) is 22.4. The molecule has 0 aliphatic rings. The van der Waals surface area contributed by atoms with Gasteiger partial charge in [0.15, 0.2) is 16.7 Å². The van der Waals surface area contributed by atoms with Crippen LogP contribution in [0.1, 0.15) is 29.4 Å². The first kappa shape index (κ1) is 22.7. The smallest absolute Gasteiger partial charge is 0.234 e. The summed E-state index contributed by atoms with van der Waals surface area (Å²) in [5.41, 5.74) is 4.02. The van der Waals surface area contributed by atoms with Gasteiger partial charge in [-0.2, -0.15) is 0 Å². The predicted octanol–water partition coefficient (Wildman–Crippen LogP) is 4.25. The summed E-state index contributed by atoms with van der Waals surface area (Å²) in [4.78, 5) is 12.5. The molecule has 0 atom stereocenters. The quantitative estimate of drug-likeness (QED) is 0.501. The molecule has 1 amide bonds. The number of carbonyl (C=O) groups is 1. The van der Waals surface area contributed by atoms with E-state index in [1.54, 1.807) is 14.2 Å². The average Bonchev–Trinajstić information content (AvgIpc) is 3.16. The number of para-hydroxylation sites is 1. The summed E-state index contributed by atoms with van der Waals surface area (Å²) in [6.45, 7) is 6.74. The van der Waals surface area contributed by atoms with E-state index in [9.17, 15) is 4.79 Å². The second-order valence-electron chi connectivity index (χ2n) is 7.11. The minimum atomic E-state index is -0.0607. The minimum absolute atomic E-state index is 0.0607. The number of carbonyl (C=O) groups excluding carboxylic acids is 1. The van der Waals surface area contributed by atoms with Crippen molar-refractivity contribution in [3.8, 4) is 11.5 Å². The van der Waals surface area contributed by atoms with Crippen molar-refractivity contribution in [3.05, 3.63) is 58.9 Å². The Hall–Kier alpha value is -3.00. The Balaban J connectivity index is 1.68. The number of benzene rings is 2. The molecular weight excluding hydrogens is 412 g/mol. The lowest BCUT2D eigenvalue weighted by molar-refractivity contribution is -0.113. The number of aryl methyl sites for hydroxylation is 2. The predicted molar refractivity (Wildman–Crippen MR) is 123 cm³/mol. The first-order valence-electron chi connectivity index (χ1n) is 10.1. The molecule has 0 fully saturated rings. The van der Waals surface area contributed by atoms with Crippen molar-refractivity contribution in [2.24, 2.45) is 0 Å². The van der Waals surface area contributed by atoms with Crippen molar-refractivity contribution in [2.45, 2.75) is 38.9 Å². The van der Waals surface area contributed by atoms with Gasteiger partial charge >= 0.3 is 0 Å². The summed E-state index contributed by atoms with van der Waals surface area (Å²) in [6, 6.07) is 11.8. The van der Waals surface area contributed by atoms with E-state index in [2.05, 4.69) is 15.5 Å². The Morgan fingerprint density at radius 2 is 1.77 bits per heavy atom. The number of amides is 1. The number of ether oxygens (including phenoxy) is 2. The molecule has 0 radical (unpaired) electrons. The fourth-order valence-electron chi connectivity index (χ4n) is 3.36. The first-order chi connectivity index (χ1) is 15.0. The van der Waals surface area contributed by atoms with Crippen LogP contribution in [-0.2, 0) is 17.8 Å². The molecule has 31 heavy (non-hydrogen) atoms. The second kappa shape index (κ2) is 10.3. The fourth-order valence-corrected chi connectivity index (χ4v) is 4.19. The van der Waals surface area contributed by atoms with E-state index >= 15 is 0 Å². The van der Waals surface area contributed by atoms with E-state index < -0.39 is 0 Å². The third-order valence-corrected chi connectivity index (χ3v) is 5.96. The molecule has 3 rings (SSSR count). The van der Waals surface area contributed by atoms with Crippen LogP contribution in [0.3, 0.4) is 0 Å². The highest BCUT2D eigenvalue weighted by molar-refractivity contribution is 7.99. The Morgan fingerprint density at radius 1 is 1.06 bits per heavy atom. The van der Waals surface area contributed by atoms with Crippen LogP contribution in [0.4, 0.5) is 5.69 Å². The lowest BCUT2D eigenvalue weighted by Gasteiger charge is -2.12. The van der Waals surface area contributed by atoms with Crippen LogP contribution in [0.25, 0.3) is 0 Å². The first-order valence-corrected chi connectivity index (χ1v) is 11.1.